The van der Waals surface area contributed by atoms with Crippen LogP contribution in [0.1, 0.15) is 29.5 Å². The molecule has 5 rings (SSSR count). The lowest BCUT2D eigenvalue weighted by Crippen LogP contribution is -2.28. The molecule has 0 bridgehead atoms. The predicted molar refractivity (Wildman–Crippen MR) is 98.8 cm³/mol. The summed E-state index contributed by atoms with van der Waals surface area (Å²) in [5, 5.41) is 5.14. The van der Waals surface area contributed by atoms with Crippen LogP contribution >= 0.6 is 15.9 Å². The lowest BCUT2D eigenvalue weighted by atomic mass is 9.77. The molecule has 23 heavy (non-hydrogen) atoms. The van der Waals surface area contributed by atoms with Crippen molar-refractivity contribution in [2.45, 2.75) is 18.4 Å². The predicted octanol–water partition coefficient (Wildman–Crippen LogP) is 5.76. The largest absolute Gasteiger partial charge is 0.378 e. The first-order valence-electron chi connectivity index (χ1n) is 8.10. The Balaban J connectivity index is 1.66. The van der Waals surface area contributed by atoms with Crippen LogP contribution in [-0.4, -0.2) is 4.98 Å². The number of anilines is 1. The van der Waals surface area contributed by atoms with Crippen molar-refractivity contribution in [3.05, 3.63) is 76.4 Å². The van der Waals surface area contributed by atoms with E-state index in [-0.39, 0.29) is 0 Å². The maximum atomic E-state index is 3.81. The van der Waals surface area contributed by atoms with Gasteiger partial charge in [-0.1, -0.05) is 46.3 Å². The number of H-pyrrole nitrogens is 1. The van der Waals surface area contributed by atoms with Crippen LogP contribution < -0.4 is 5.32 Å². The van der Waals surface area contributed by atoms with Crippen LogP contribution in [0, 0.1) is 5.92 Å². The van der Waals surface area contributed by atoms with Gasteiger partial charge in [0.25, 0.3) is 0 Å². The fourth-order valence-electron chi connectivity index (χ4n) is 4.22. The molecule has 2 aliphatic rings. The number of rotatable bonds is 1. The monoisotopic (exact) mass is 364 g/mol. The van der Waals surface area contributed by atoms with Gasteiger partial charge in [0.1, 0.15) is 0 Å². The van der Waals surface area contributed by atoms with Crippen molar-refractivity contribution in [2.24, 2.45) is 5.92 Å². The second-order valence-electron chi connectivity index (χ2n) is 6.50. The first-order valence-corrected chi connectivity index (χ1v) is 8.89. The van der Waals surface area contributed by atoms with Crippen LogP contribution in [0.3, 0.4) is 0 Å². The van der Waals surface area contributed by atoms with Crippen molar-refractivity contribution < 1.29 is 0 Å². The zero-order chi connectivity index (χ0) is 15.4. The van der Waals surface area contributed by atoms with E-state index in [2.05, 4.69) is 87.0 Å². The first kappa shape index (κ1) is 13.4. The number of aromatic amines is 1. The molecule has 1 aliphatic heterocycles. The molecule has 1 aliphatic carbocycles. The van der Waals surface area contributed by atoms with Crippen LogP contribution in [0.4, 0.5) is 5.69 Å². The smallest absolute Gasteiger partial charge is 0.0574 e. The third-order valence-electron chi connectivity index (χ3n) is 5.28. The van der Waals surface area contributed by atoms with Crippen molar-refractivity contribution in [3.8, 4) is 0 Å². The van der Waals surface area contributed by atoms with Gasteiger partial charge in [0.05, 0.1) is 6.04 Å². The lowest BCUT2D eigenvalue weighted by molar-refractivity contribution is 0.427. The van der Waals surface area contributed by atoms with E-state index in [1.165, 1.54) is 27.7 Å². The van der Waals surface area contributed by atoms with E-state index < -0.39 is 0 Å². The van der Waals surface area contributed by atoms with Gasteiger partial charge in [-0.25, -0.2) is 0 Å². The molecular weight excluding hydrogens is 348 g/mol. The molecule has 0 spiro atoms. The quantitative estimate of drug-likeness (QED) is 0.528. The Morgan fingerprint density at radius 3 is 2.91 bits per heavy atom. The molecule has 0 amide bonds. The third kappa shape index (κ3) is 1.99. The lowest BCUT2D eigenvalue weighted by Gasteiger charge is -2.37. The van der Waals surface area contributed by atoms with Gasteiger partial charge in [0, 0.05) is 33.2 Å². The summed E-state index contributed by atoms with van der Waals surface area (Å²) in [6, 6.07) is 15.5. The van der Waals surface area contributed by atoms with Crippen LogP contribution in [0.2, 0.25) is 0 Å². The third-order valence-corrected chi connectivity index (χ3v) is 5.77. The standard InChI is InChI=1S/C20H17BrN2/c21-12-8-9-19-16(10-12)13-5-3-6-15(13)20(23-19)17-11-22-18-7-2-1-4-14(17)18/h1-5,7-11,13,15,20,22-23H,6H2. The zero-order valence-corrected chi connectivity index (χ0v) is 14.2. The van der Waals surface area contributed by atoms with E-state index in [4.69, 9.17) is 0 Å². The van der Waals surface area contributed by atoms with Crippen molar-refractivity contribution in [3.63, 3.8) is 0 Å². The summed E-state index contributed by atoms with van der Waals surface area (Å²) in [6.45, 7) is 0. The van der Waals surface area contributed by atoms with Gasteiger partial charge >= 0.3 is 0 Å². The highest BCUT2D eigenvalue weighted by molar-refractivity contribution is 9.10. The summed E-state index contributed by atoms with van der Waals surface area (Å²) in [6.07, 6.45) is 8.04. The Labute approximate surface area is 143 Å². The number of para-hydroxylation sites is 1. The molecule has 3 heteroatoms. The molecule has 0 fully saturated rings. The summed E-state index contributed by atoms with van der Waals surface area (Å²) >= 11 is 3.62. The van der Waals surface area contributed by atoms with Gasteiger partial charge in [0.2, 0.25) is 0 Å². The summed E-state index contributed by atoms with van der Waals surface area (Å²) in [4.78, 5) is 3.43. The van der Waals surface area contributed by atoms with E-state index >= 15 is 0 Å². The number of aromatic nitrogens is 1. The van der Waals surface area contributed by atoms with E-state index in [9.17, 15) is 0 Å². The van der Waals surface area contributed by atoms with Crippen molar-refractivity contribution in [2.75, 3.05) is 5.32 Å². The molecule has 3 atom stereocenters. The average molecular weight is 365 g/mol. The van der Waals surface area contributed by atoms with E-state index in [0.717, 1.165) is 10.9 Å². The number of benzene rings is 2. The number of hydrogen-bond acceptors (Lipinski definition) is 1. The molecule has 0 saturated carbocycles. The van der Waals surface area contributed by atoms with Gasteiger partial charge in [-0.05, 0) is 47.7 Å². The van der Waals surface area contributed by atoms with Crippen LogP contribution in [0.15, 0.2) is 65.3 Å². The minimum atomic E-state index is 0.347. The number of hydrogen-bond donors (Lipinski definition) is 2. The molecule has 114 valence electrons. The molecule has 0 radical (unpaired) electrons. The van der Waals surface area contributed by atoms with Crippen LogP contribution in [0.5, 0.6) is 0 Å². The molecule has 2 aromatic carbocycles. The Morgan fingerprint density at radius 1 is 1.04 bits per heavy atom. The molecule has 2 N–H and O–H groups in total. The second kappa shape index (κ2) is 5.00. The minimum Gasteiger partial charge on any atom is -0.378 e. The Hall–Kier alpha value is -2.00. The average Bonchev–Trinajstić information content (AvgIpc) is 3.21. The van der Waals surface area contributed by atoms with Crippen molar-refractivity contribution in [1.82, 2.24) is 4.98 Å². The Bertz CT molecular complexity index is 924. The van der Waals surface area contributed by atoms with Gasteiger partial charge in [0.15, 0.2) is 0 Å². The van der Waals surface area contributed by atoms with Gasteiger partial charge in [-0.15, -0.1) is 0 Å². The topological polar surface area (TPSA) is 27.8 Å². The highest BCUT2D eigenvalue weighted by Crippen LogP contribution is 2.51. The van der Waals surface area contributed by atoms with E-state index in [1.54, 1.807) is 0 Å². The summed E-state index contributed by atoms with van der Waals surface area (Å²) < 4.78 is 1.16. The van der Waals surface area contributed by atoms with Gasteiger partial charge in [-0.3, -0.25) is 0 Å². The SMILES string of the molecule is Brc1ccc2c(c1)C1C=CCC1C(c1c[nH]c3ccccc13)N2. The number of allylic oxidation sites excluding steroid dienone is 2. The van der Waals surface area contributed by atoms with Gasteiger partial charge < -0.3 is 10.3 Å². The normalized spacial score (nSPS) is 25.2. The summed E-state index contributed by atoms with van der Waals surface area (Å²) in [5.74, 6) is 1.08. The van der Waals surface area contributed by atoms with Gasteiger partial charge in [-0.2, -0.15) is 0 Å². The highest BCUT2D eigenvalue weighted by atomic mass is 79.9. The van der Waals surface area contributed by atoms with E-state index in [0.29, 0.717) is 17.9 Å². The number of halogens is 1. The van der Waals surface area contributed by atoms with Crippen LogP contribution in [0.25, 0.3) is 10.9 Å². The van der Waals surface area contributed by atoms with Crippen LogP contribution in [-0.2, 0) is 0 Å². The summed E-state index contributed by atoms with van der Waals surface area (Å²) in [5.41, 5.74) is 5.27. The molecule has 0 saturated heterocycles. The summed E-state index contributed by atoms with van der Waals surface area (Å²) in [7, 11) is 0. The Kier molecular flexibility index (Phi) is 2.92. The molecule has 2 heterocycles. The number of fused-ring (bicyclic) bond motifs is 4. The first-order chi connectivity index (χ1) is 11.3. The molecule has 1 aromatic heterocycles. The Morgan fingerprint density at radius 2 is 1.96 bits per heavy atom. The number of nitrogens with one attached hydrogen (secondary N) is 2. The molecule has 3 aromatic rings. The molecular formula is C20H17BrN2. The molecule has 3 unspecified atom stereocenters. The zero-order valence-electron chi connectivity index (χ0n) is 12.6. The minimum absolute atomic E-state index is 0.347. The second-order valence-corrected chi connectivity index (χ2v) is 7.41. The molecule has 2 nitrogen and oxygen atoms in total. The maximum Gasteiger partial charge on any atom is 0.0574 e. The maximum absolute atomic E-state index is 3.81. The van der Waals surface area contributed by atoms with E-state index in [1.807, 2.05) is 0 Å². The fourth-order valence-corrected chi connectivity index (χ4v) is 4.60. The van der Waals surface area contributed by atoms with Crippen molar-refractivity contribution >= 4 is 32.5 Å². The highest BCUT2D eigenvalue weighted by Gasteiger charge is 2.38. The van der Waals surface area contributed by atoms with Crippen molar-refractivity contribution in [1.29, 1.82) is 0 Å². The fraction of sp³-hybridized carbons (Fsp3) is 0.200.